The molecule has 0 fully saturated rings. The summed E-state index contributed by atoms with van der Waals surface area (Å²) in [6.07, 6.45) is 0. The summed E-state index contributed by atoms with van der Waals surface area (Å²) in [6.45, 7) is 5.54. The molecule has 0 unspecified atom stereocenters. The van der Waals surface area contributed by atoms with Gasteiger partial charge in [-0.25, -0.2) is 5.14 Å². The number of rotatable bonds is 6. The van der Waals surface area contributed by atoms with Crippen molar-refractivity contribution >= 4 is 10.2 Å². The van der Waals surface area contributed by atoms with Crippen LogP contribution in [0, 0.1) is 5.92 Å². The molecular formula is C8H21N3O2S. The topological polar surface area (TPSA) is 66.6 Å². The van der Waals surface area contributed by atoms with Gasteiger partial charge >= 0.3 is 0 Å². The standard InChI is InChI=1S/C8H21N3O2S/c1-8(2)7-11(14(9,12)13)6-5-10(3)4/h8H,5-7H2,1-4H3,(H2,9,12,13). The molecule has 6 heteroatoms. The predicted molar refractivity (Wildman–Crippen MR) is 58.1 cm³/mol. The van der Waals surface area contributed by atoms with Crippen LogP contribution in [0.3, 0.4) is 0 Å². The fourth-order valence-electron chi connectivity index (χ4n) is 1.04. The molecule has 0 bridgehead atoms. The van der Waals surface area contributed by atoms with Crippen molar-refractivity contribution in [2.75, 3.05) is 33.7 Å². The predicted octanol–water partition coefficient (Wildman–Crippen LogP) is -0.290. The number of hydrogen-bond donors (Lipinski definition) is 1. The van der Waals surface area contributed by atoms with Crippen LogP contribution in [0.4, 0.5) is 0 Å². The molecule has 86 valence electrons. The van der Waals surface area contributed by atoms with Crippen LogP contribution in [-0.2, 0) is 10.2 Å². The smallest absolute Gasteiger partial charge is 0.276 e. The molecule has 0 amide bonds. The van der Waals surface area contributed by atoms with Crippen LogP contribution in [0.2, 0.25) is 0 Å². The van der Waals surface area contributed by atoms with E-state index in [0.717, 1.165) is 0 Å². The van der Waals surface area contributed by atoms with Gasteiger partial charge in [0, 0.05) is 19.6 Å². The zero-order valence-corrected chi connectivity index (χ0v) is 10.2. The Labute approximate surface area is 87.0 Å². The minimum Gasteiger partial charge on any atom is -0.308 e. The first-order valence-corrected chi connectivity index (χ1v) is 6.16. The van der Waals surface area contributed by atoms with Crippen molar-refractivity contribution in [1.29, 1.82) is 0 Å². The Morgan fingerprint density at radius 1 is 1.21 bits per heavy atom. The second-order valence-corrected chi connectivity index (χ2v) is 5.65. The number of likely N-dealkylation sites (N-methyl/N-ethyl adjacent to an activating group) is 1. The van der Waals surface area contributed by atoms with Gasteiger partial charge < -0.3 is 4.90 Å². The molecule has 14 heavy (non-hydrogen) atoms. The molecule has 0 radical (unpaired) electrons. The Hall–Kier alpha value is -0.170. The molecule has 0 aliphatic rings. The maximum atomic E-state index is 11.2. The van der Waals surface area contributed by atoms with Crippen LogP contribution in [0.1, 0.15) is 13.8 Å². The van der Waals surface area contributed by atoms with Gasteiger partial charge in [-0.1, -0.05) is 13.8 Å². The summed E-state index contributed by atoms with van der Waals surface area (Å²) < 4.78 is 23.6. The van der Waals surface area contributed by atoms with Gasteiger partial charge in [0.05, 0.1) is 0 Å². The third-order valence-corrected chi connectivity index (χ3v) is 2.78. The molecule has 0 rings (SSSR count). The van der Waals surface area contributed by atoms with Crippen LogP contribution in [0.15, 0.2) is 0 Å². The summed E-state index contributed by atoms with van der Waals surface area (Å²) >= 11 is 0. The van der Waals surface area contributed by atoms with Gasteiger partial charge in [0.1, 0.15) is 0 Å². The summed E-state index contributed by atoms with van der Waals surface area (Å²) in [6, 6.07) is 0. The van der Waals surface area contributed by atoms with E-state index in [0.29, 0.717) is 19.6 Å². The van der Waals surface area contributed by atoms with E-state index in [4.69, 9.17) is 5.14 Å². The quantitative estimate of drug-likeness (QED) is 0.673. The van der Waals surface area contributed by atoms with E-state index in [-0.39, 0.29) is 5.92 Å². The second-order valence-electron chi connectivity index (χ2n) is 4.10. The fourth-order valence-corrected chi connectivity index (χ4v) is 1.88. The first-order chi connectivity index (χ1) is 6.23. The Morgan fingerprint density at radius 3 is 2.00 bits per heavy atom. The Morgan fingerprint density at radius 2 is 1.71 bits per heavy atom. The molecule has 0 aromatic carbocycles. The first kappa shape index (κ1) is 13.8. The molecule has 0 aromatic rings. The van der Waals surface area contributed by atoms with Crippen molar-refractivity contribution in [3.8, 4) is 0 Å². The van der Waals surface area contributed by atoms with Gasteiger partial charge in [0.25, 0.3) is 10.2 Å². The highest BCUT2D eigenvalue weighted by Crippen LogP contribution is 2.01. The summed E-state index contributed by atoms with van der Waals surface area (Å²) in [4.78, 5) is 1.93. The van der Waals surface area contributed by atoms with E-state index >= 15 is 0 Å². The maximum Gasteiger partial charge on any atom is 0.276 e. The Kier molecular flexibility index (Phi) is 5.58. The van der Waals surface area contributed by atoms with Crippen LogP contribution in [0.5, 0.6) is 0 Å². The van der Waals surface area contributed by atoms with Gasteiger partial charge in [-0.15, -0.1) is 0 Å². The molecule has 0 aromatic heterocycles. The lowest BCUT2D eigenvalue weighted by Crippen LogP contribution is -2.42. The van der Waals surface area contributed by atoms with E-state index in [9.17, 15) is 8.42 Å². The maximum absolute atomic E-state index is 11.2. The number of hydrogen-bond acceptors (Lipinski definition) is 3. The zero-order chi connectivity index (χ0) is 11.4. The third-order valence-electron chi connectivity index (χ3n) is 1.73. The molecule has 2 N–H and O–H groups in total. The highest BCUT2D eigenvalue weighted by molar-refractivity contribution is 7.86. The van der Waals surface area contributed by atoms with Crippen molar-refractivity contribution in [2.24, 2.45) is 11.1 Å². The molecule has 5 nitrogen and oxygen atoms in total. The summed E-state index contributed by atoms with van der Waals surface area (Å²) in [5.41, 5.74) is 0. The van der Waals surface area contributed by atoms with Crippen LogP contribution in [-0.4, -0.2) is 51.4 Å². The van der Waals surface area contributed by atoms with Gasteiger partial charge in [0.2, 0.25) is 0 Å². The van der Waals surface area contributed by atoms with Crippen molar-refractivity contribution in [3.05, 3.63) is 0 Å². The molecule has 0 spiro atoms. The van der Waals surface area contributed by atoms with E-state index in [1.54, 1.807) is 0 Å². The fraction of sp³-hybridized carbons (Fsp3) is 1.00. The van der Waals surface area contributed by atoms with E-state index in [1.165, 1.54) is 4.31 Å². The van der Waals surface area contributed by atoms with Gasteiger partial charge in [-0.3, -0.25) is 0 Å². The van der Waals surface area contributed by atoms with E-state index in [1.807, 2.05) is 32.8 Å². The zero-order valence-electron chi connectivity index (χ0n) is 9.40. The first-order valence-electron chi connectivity index (χ1n) is 4.66. The average molecular weight is 223 g/mol. The molecule has 0 saturated carbocycles. The van der Waals surface area contributed by atoms with E-state index in [2.05, 4.69) is 0 Å². The molecule has 0 saturated heterocycles. The molecule has 0 atom stereocenters. The number of nitrogens with two attached hydrogens (primary N) is 1. The highest BCUT2D eigenvalue weighted by Gasteiger charge is 2.17. The van der Waals surface area contributed by atoms with Crippen molar-refractivity contribution in [3.63, 3.8) is 0 Å². The Balaban J connectivity index is 4.27. The molecular weight excluding hydrogens is 202 g/mol. The number of nitrogens with zero attached hydrogens (tertiary/aromatic N) is 2. The van der Waals surface area contributed by atoms with Gasteiger partial charge in [0.15, 0.2) is 0 Å². The monoisotopic (exact) mass is 223 g/mol. The lowest BCUT2D eigenvalue weighted by molar-refractivity contribution is 0.313. The third kappa shape index (κ3) is 6.31. The summed E-state index contributed by atoms with van der Waals surface area (Å²) in [5, 5.41) is 5.09. The molecule has 0 aliphatic heterocycles. The van der Waals surface area contributed by atoms with Gasteiger partial charge in [-0.05, 0) is 20.0 Å². The molecule has 0 aliphatic carbocycles. The van der Waals surface area contributed by atoms with E-state index < -0.39 is 10.2 Å². The highest BCUT2D eigenvalue weighted by atomic mass is 32.2. The largest absolute Gasteiger partial charge is 0.308 e. The SMILES string of the molecule is CC(C)CN(CCN(C)C)S(N)(=O)=O. The van der Waals surface area contributed by atoms with Crippen molar-refractivity contribution < 1.29 is 8.42 Å². The normalized spacial score (nSPS) is 13.1. The lowest BCUT2D eigenvalue weighted by atomic mass is 10.2. The van der Waals surface area contributed by atoms with Crippen molar-refractivity contribution in [1.82, 2.24) is 9.21 Å². The van der Waals surface area contributed by atoms with Crippen LogP contribution >= 0.6 is 0 Å². The lowest BCUT2D eigenvalue weighted by Gasteiger charge is -2.22. The van der Waals surface area contributed by atoms with Gasteiger partial charge in [-0.2, -0.15) is 12.7 Å². The molecule has 0 heterocycles. The van der Waals surface area contributed by atoms with Crippen LogP contribution < -0.4 is 5.14 Å². The summed E-state index contributed by atoms with van der Waals surface area (Å²) in [5.74, 6) is 0.287. The summed E-state index contributed by atoms with van der Waals surface area (Å²) in [7, 11) is 0.250. The minimum atomic E-state index is -3.55. The average Bonchev–Trinajstić information content (AvgIpc) is 1.94. The second kappa shape index (κ2) is 5.65. The Bertz CT molecular complexity index is 249. The minimum absolute atomic E-state index is 0.287. The van der Waals surface area contributed by atoms with Crippen molar-refractivity contribution in [2.45, 2.75) is 13.8 Å². The van der Waals surface area contributed by atoms with Crippen LogP contribution in [0.25, 0.3) is 0 Å².